The maximum absolute atomic E-state index is 12.5. The first-order chi connectivity index (χ1) is 9.61. The standard InChI is InChI=1S/C14H24N4O2/c1-16-11-12(15)10-13(16)14(19)18-5-3-4-17(6-7-18)8-9-20-2/h10-11H,3-9,15H2,1-2H3. The molecule has 0 saturated carbocycles. The number of nitrogens with zero attached hydrogens (tertiary/aromatic N) is 3. The van der Waals surface area contributed by atoms with Crippen LogP contribution in [-0.4, -0.2) is 66.7 Å². The number of aryl methyl sites for hydroxylation is 1. The zero-order valence-corrected chi connectivity index (χ0v) is 12.3. The monoisotopic (exact) mass is 280 g/mol. The van der Waals surface area contributed by atoms with Crippen LogP contribution in [0.25, 0.3) is 0 Å². The van der Waals surface area contributed by atoms with Crippen molar-refractivity contribution >= 4 is 11.6 Å². The summed E-state index contributed by atoms with van der Waals surface area (Å²) in [7, 11) is 3.57. The quantitative estimate of drug-likeness (QED) is 0.867. The van der Waals surface area contributed by atoms with Gasteiger partial charge in [-0.2, -0.15) is 0 Å². The van der Waals surface area contributed by atoms with Crippen molar-refractivity contribution in [1.29, 1.82) is 0 Å². The SMILES string of the molecule is COCCN1CCCN(C(=O)c2cc(N)cn2C)CC1. The lowest BCUT2D eigenvalue weighted by Crippen LogP contribution is -2.36. The first-order valence-corrected chi connectivity index (χ1v) is 7.04. The molecule has 1 aliphatic heterocycles. The number of amides is 1. The van der Waals surface area contributed by atoms with E-state index in [9.17, 15) is 4.79 Å². The van der Waals surface area contributed by atoms with Gasteiger partial charge in [0.2, 0.25) is 0 Å². The van der Waals surface area contributed by atoms with Crippen molar-refractivity contribution in [2.45, 2.75) is 6.42 Å². The highest BCUT2D eigenvalue weighted by molar-refractivity contribution is 5.93. The van der Waals surface area contributed by atoms with Gasteiger partial charge in [0.25, 0.3) is 5.91 Å². The number of nitrogen functional groups attached to an aromatic ring is 1. The highest BCUT2D eigenvalue weighted by Gasteiger charge is 2.22. The summed E-state index contributed by atoms with van der Waals surface area (Å²) in [6.45, 7) is 5.14. The number of anilines is 1. The molecule has 6 heteroatoms. The van der Waals surface area contributed by atoms with Gasteiger partial charge in [0.1, 0.15) is 5.69 Å². The van der Waals surface area contributed by atoms with Crippen LogP contribution in [0.5, 0.6) is 0 Å². The molecule has 0 aliphatic carbocycles. The van der Waals surface area contributed by atoms with E-state index in [4.69, 9.17) is 10.5 Å². The fourth-order valence-corrected chi connectivity index (χ4v) is 2.58. The Morgan fingerprint density at radius 3 is 2.80 bits per heavy atom. The van der Waals surface area contributed by atoms with Gasteiger partial charge in [0.15, 0.2) is 0 Å². The molecular weight excluding hydrogens is 256 g/mol. The summed E-state index contributed by atoms with van der Waals surface area (Å²) in [4.78, 5) is 16.8. The fraction of sp³-hybridized carbons (Fsp3) is 0.643. The van der Waals surface area contributed by atoms with Crippen molar-refractivity contribution < 1.29 is 9.53 Å². The number of aromatic nitrogens is 1. The van der Waals surface area contributed by atoms with Crippen LogP contribution in [0.2, 0.25) is 0 Å². The zero-order valence-electron chi connectivity index (χ0n) is 12.3. The summed E-state index contributed by atoms with van der Waals surface area (Å²) in [6.07, 6.45) is 2.77. The van der Waals surface area contributed by atoms with E-state index in [0.717, 1.165) is 45.8 Å². The van der Waals surface area contributed by atoms with E-state index in [1.54, 1.807) is 23.9 Å². The van der Waals surface area contributed by atoms with Gasteiger partial charge in [-0.25, -0.2) is 0 Å². The number of carbonyl (C=O) groups is 1. The molecule has 1 fully saturated rings. The van der Waals surface area contributed by atoms with Gasteiger partial charge in [-0.15, -0.1) is 0 Å². The van der Waals surface area contributed by atoms with Crippen LogP contribution >= 0.6 is 0 Å². The number of hydrogen-bond acceptors (Lipinski definition) is 4. The van der Waals surface area contributed by atoms with Gasteiger partial charge in [-0.1, -0.05) is 0 Å². The topological polar surface area (TPSA) is 63.7 Å². The Morgan fingerprint density at radius 1 is 1.35 bits per heavy atom. The molecule has 1 aliphatic rings. The van der Waals surface area contributed by atoms with E-state index in [2.05, 4.69) is 4.90 Å². The molecule has 0 bridgehead atoms. The highest BCUT2D eigenvalue weighted by atomic mass is 16.5. The normalized spacial score (nSPS) is 17.2. The smallest absolute Gasteiger partial charge is 0.270 e. The van der Waals surface area contributed by atoms with E-state index in [-0.39, 0.29) is 5.91 Å². The first kappa shape index (κ1) is 14.9. The Morgan fingerprint density at radius 2 is 2.15 bits per heavy atom. The third kappa shape index (κ3) is 3.52. The molecule has 6 nitrogen and oxygen atoms in total. The van der Waals surface area contributed by atoms with Crippen LogP contribution in [0.3, 0.4) is 0 Å². The summed E-state index contributed by atoms with van der Waals surface area (Å²) < 4.78 is 6.90. The minimum atomic E-state index is 0.0674. The average Bonchev–Trinajstić information content (AvgIpc) is 2.65. The van der Waals surface area contributed by atoms with Crippen molar-refractivity contribution in [1.82, 2.24) is 14.4 Å². The second kappa shape index (κ2) is 6.76. The van der Waals surface area contributed by atoms with Crippen LogP contribution in [-0.2, 0) is 11.8 Å². The number of carbonyl (C=O) groups excluding carboxylic acids is 1. The molecule has 0 unspecified atom stereocenters. The van der Waals surface area contributed by atoms with Gasteiger partial charge in [-0.05, 0) is 19.0 Å². The molecule has 1 aromatic heterocycles. The molecule has 20 heavy (non-hydrogen) atoms. The van der Waals surface area contributed by atoms with Gasteiger partial charge in [-0.3, -0.25) is 9.69 Å². The predicted molar refractivity (Wildman–Crippen MR) is 78.7 cm³/mol. The number of ether oxygens (including phenoxy) is 1. The minimum absolute atomic E-state index is 0.0674. The van der Waals surface area contributed by atoms with Crippen molar-refractivity contribution in [2.24, 2.45) is 7.05 Å². The van der Waals surface area contributed by atoms with E-state index in [0.29, 0.717) is 11.4 Å². The minimum Gasteiger partial charge on any atom is -0.397 e. The summed E-state index contributed by atoms with van der Waals surface area (Å²) >= 11 is 0. The summed E-state index contributed by atoms with van der Waals surface area (Å²) in [5, 5.41) is 0. The van der Waals surface area contributed by atoms with E-state index in [1.165, 1.54) is 0 Å². The lowest BCUT2D eigenvalue weighted by molar-refractivity contribution is 0.0749. The molecule has 0 atom stereocenters. The Balaban J connectivity index is 1.96. The van der Waals surface area contributed by atoms with Crippen molar-refractivity contribution in [3.05, 3.63) is 18.0 Å². The van der Waals surface area contributed by atoms with Gasteiger partial charge >= 0.3 is 0 Å². The summed E-state index contributed by atoms with van der Waals surface area (Å²) in [6, 6.07) is 1.75. The molecular formula is C14H24N4O2. The molecule has 2 N–H and O–H groups in total. The zero-order chi connectivity index (χ0) is 14.5. The highest BCUT2D eigenvalue weighted by Crippen LogP contribution is 2.13. The predicted octanol–water partition coefficient (Wildman–Crippen LogP) is 0.402. The number of hydrogen-bond donors (Lipinski definition) is 1. The van der Waals surface area contributed by atoms with Crippen molar-refractivity contribution in [3.8, 4) is 0 Å². The average molecular weight is 280 g/mol. The Bertz CT molecular complexity index is 458. The molecule has 2 rings (SSSR count). The van der Waals surface area contributed by atoms with E-state index < -0.39 is 0 Å². The van der Waals surface area contributed by atoms with Crippen LogP contribution in [0.1, 0.15) is 16.9 Å². The second-order valence-corrected chi connectivity index (χ2v) is 5.25. The number of nitrogens with two attached hydrogens (primary N) is 1. The van der Waals surface area contributed by atoms with Gasteiger partial charge in [0, 0.05) is 46.5 Å². The maximum atomic E-state index is 12.5. The lowest BCUT2D eigenvalue weighted by Gasteiger charge is -2.22. The molecule has 1 amide bonds. The third-order valence-electron chi connectivity index (χ3n) is 3.73. The molecule has 0 spiro atoms. The van der Waals surface area contributed by atoms with Crippen LogP contribution in [0.4, 0.5) is 5.69 Å². The van der Waals surface area contributed by atoms with Crippen LogP contribution in [0, 0.1) is 0 Å². The maximum Gasteiger partial charge on any atom is 0.270 e. The van der Waals surface area contributed by atoms with Crippen molar-refractivity contribution in [3.63, 3.8) is 0 Å². The largest absolute Gasteiger partial charge is 0.397 e. The van der Waals surface area contributed by atoms with Crippen LogP contribution < -0.4 is 5.73 Å². The molecule has 0 radical (unpaired) electrons. The fourth-order valence-electron chi connectivity index (χ4n) is 2.58. The Hall–Kier alpha value is -1.53. The number of rotatable bonds is 4. The second-order valence-electron chi connectivity index (χ2n) is 5.25. The van der Waals surface area contributed by atoms with Gasteiger partial charge in [0.05, 0.1) is 12.3 Å². The first-order valence-electron chi connectivity index (χ1n) is 7.04. The molecule has 0 aromatic carbocycles. The molecule has 112 valence electrons. The summed E-state index contributed by atoms with van der Waals surface area (Å²) in [5.74, 6) is 0.0674. The lowest BCUT2D eigenvalue weighted by atomic mass is 10.3. The van der Waals surface area contributed by atoms with Crippen LogP contribution in [0.15, 0.2) is 12.3 Å². The van der Waals surface area contributed by atoms with E-state index in [1.807, 2.05) is 11.9 Å². The molecule has 2 heterocycles. The van der Waals surface area contributed by atoms with E-state index >= 15 is 0 Å². The molecule has 1 saturated heterocycles. The Labute approximate surface area is 120 Å². The third-order valence-corrected chi connectivity index (χ3v) is 3.73. The molecule has 1 aromatic rings. The van der Waals surface area contributed by atoms with Crippen molar-refractivity contribution in [2.75, 3.05) is 52.2 Å². The number of methoxy groups -OCH3 is 1. The summed E-state index contributed by atoms with van der Waals surface area (Å²) in [5.41, 5.74) is 7.03. The van der Waals surface area contributed by atoms with Gasteiger partial charge < -0.3 is 19.9 Å². The Kier molecular flexibility index (Phi) is 5.03.